The van der Waals surface area contributed by atoms with Crippen LogP contribution in [0.5, 0.6) is 5.75 Å². The topological polar surface area (TPSA) is 81.2 Å². The van der Waals surface area contributed by atoms with Gasteiger partial charge in [-0.3, -0.25) is 4.79 Å². The second-order valence-electron chi connectivity index (χ2n) is 10.4. The predicted octanol–water partition coefficient (Wildman–Crippen LogP) is 5.32. The molecule has 1 aliphatic heterocycles. The lowest BCUT2D eigenvalue weighted by molar-refractivity contribution is 0.0936. The minimum Gasteiger partial charge on any atom is -0.508 e. The number of phenols is 1. The van der Waals surface area contributed by atoms with Crippen LogP contribution < -0.4 is 5.32 Å². The number of rotatable bonds is 4. The first-order valence-electron chi connectivity index (χ1n) is 12.8. The molecule has 1 fully saturated rings. The molecule has 1 amide bonds. The number of aryl methyl sites for hydroxylation is 1. The first kappa shape index (κ1) is 25.5. The van der Waals surface area contributed by atoms with E-state index in [1.165, 1.54) is 18.2 Å². The van der Waals surface area contributed by atoms with Gasteiger partial charge in [0.2, 0.25) is 0 Å². The van der Waals surface area contributed by atoms with Gasteiger partial charge in [-0.2, -0.15) is 0 Å². The highest BCUT2D eigenvalue weighted by Crippen LogP contribution is 2.32. The number of carbonyl (C=O) groups excluding carboxylic acids is 1. The van der Waals surface area contributed by atoms with Crippen LogP contribution in [0.4, 0.5) is 4.39 Å². The van der Waals surface area contributed by atoms with Crippen LogP contribution >= 0.6 is 0 Å². The molecule has 0 saturated carbocycles. The third-order valence-corrected chi connectivity index (χ3v) is 7.22. The zero-order chi connectivity index (χ0) is 26.9. The minimum atomic E-state index is -0.833. The summed E-state index contributed by atoms with van der Waals surface area (Å²) in [5.74, 6) is 5.62. The highest BCUT2D eigenvalue weighted by Gasteiger charge is 2.27. The van der Waals surface area contributed by atoms with Gasteiger partial charge in [-0.25, -0.2) is 9.37 Å². The third-order valence-electron chi connectivity index (χ3n) is 7.22. The van der Waals surface area contributed by atoms with E-state index >= 15 is 0 Å². The molecule has 3 N–H and O–H groups in total. The van der Waals surface area contributed by atoms with Crippen LogP contribution in [0.2, 0.25) is 0 Å². The molecule has 194 valence electrons. The quantitative estimate of drug-likeness (QED) is 0.325. The Bertz CT molecular complexity index is 1520. The molecule has 2 aromatic heterocycles. The standard InChI is InChI=1S/C31H31FN4O2/c1-20-16-21(10-11-31(2)12-14-36(3)15-13-31)17-27(33-20)30(38)35-29(24-19-23(32)8-9-28(24)37)26-18-22-6-4-5-7-25(22)34-26/h4-9,16-19,29,34,37H,12-15H2,1-3H3,(H,35,38). The summed E-state index contributed by atoms with van der Waals surface area (Å²) in [6.45, 7) is 6.03. The molecule has 1 unspecified atom stereocenters. The Balaban J connectivity index is 1.47. The molecule has 6 nitrogen and oxygen atoms in total. The number of fused-ring (bicyclic) bond motifs is 1. The van der Waals surface area contributed by atoms with Gasteiger partial charge >= 0.3 is 0 Å². The highest BCUT2D eigenvalue weighted by molar-refractivity contribution is 5.93. The molecular formula is C31H31FN4O2. The van der Waals surface area contributed by atoms with Crippen molar-refractivity contribution in [2.75, 3.05) is 20.1 Å². The van der Waals surface area contributed by atoms with E-state index in [-0.39, 0.29) is 22.4 Å². The lowest BCUT2D eigenvalue weighted by Crippen LogP contribution is -2.35. The number of hydrogen-bond acceptors (Lipinski definition) is 4. The number of halogens is 1. The second kappa shape index (κ2) is 10.3. The number of carbonyl (C=O) groups is 1. The van der Waals surface area contributed by atoms with Crippen molar-refractivity contribution >= 4 is 16.8 Å². The van der Waals surface area contributed by atoms with Gasteiger partial charge in [0, 0.05) is 33.4 Å². The Morgan fingerprint density at radius 1 is 1.16 bits per heavy atom. The number of hydrogen-bond donors (Lipinski definition) is 3. The highest BCUT2D eigenvalue weighted by atomic mass is 19.1. The SMILES string of the molecule is Cc1cc(C#CC2(C)CCN(C)CC2)cc(C(=O)NC(c2cc3ccccc3[nH]2)c2cc(F)ccc2O)n1. The van der Waals surface area contributed by atoms with Crippen molar-refractivity contribution in [1.29, 1.82) is 0 Å². The number of likely N-dealkylation sites (tertiary alicyclic amines) is 1. The molecule has 7 heteroatoms. The fourth-order valence-electron chi connectivity index (χ4n) is 4.85. The average molecular weight is 511 g/mol. The summed E-state index contributed by atoms with van der Waals surface area (Å²) in [7, 11) is 2.12. The number of para-hydroxylation sites is 1. The number of phenolic OH excluding ortho intramolecular Hbond substituents is 1. The molecule has 1 atom stereocenters. The van der Waals surface area contributed by atoms with Gasteiger partial charge in [0.25, 0.3) is 5.91 Å². The fourth-order valence-corrected chi connectivity index (χ4v) is 4.85. The summed E-state index contributed by atoms with van der Waals surface area (Å²) in [6.07, 6.45) is 1.99. The Hall–Kier alpha value is -4.15. The first-order valence-corrected chi connectivity index (χ1v) is 12.8. The van der Waals surface area contributed by atoms with Crippen LogP contribution in [0.25, 0.3) is 10.9 Å². The summed E-state index contributed by atoms with van der Waals surface area (Å²) in [5.41, 5.74) is 3.26. The molecule has 5 rings (SSSR count). The van der Waals surface area contributed by atoms with Crippen molar-refractivity contribution in [3.05, 3.63) is 94.7 Å². The molecule has 0 spiro atoms. The average Bonchev–Trinajstić information content (AvgIpc) is 3.33. The van der Waals surface area contributed by atoms with Crippen LogP contribution in [0.3, 0.4) is 0 Å². The zero-order valence-corrected chi connectivity index (χ0v) is 21.8. The lowest BCUT2D eigenvalue weighted by Gasteiger charge is -2.33. The summed E-state index contributed by atoms with van der Waals surface area (Å²) in [6, 6.07) is 16.0. The number of pyridine rings is 1. The van der Waals surface area contributed by atoms with Gasteiger partial charge in [0.05, 0.1) is 6.04 Å². The fraction of sp³-hybridized carbons (Fsp3) is 0.290. The van der Waals surface area contributed by atoms with E-state index in [1.54, 1.807) is 6.07 Å². The molecule has 3 heterocycles. The van der Waals surface area contributed by atoms with E-state index in [0.29, 0.717) is 11.4 Å². The molecule has 2 aromatic carbocycles. The van der Waals surface area contributed by atoms with Gasteiger partial charge in [-0.15, -0.1) is 0 Å². The van der Waals surface area contributed by atoms with E-state index in [9.17, 15) is 14.3 Å². The number of aromatic amines is 1. The minimum absolute atomic E-state index is 0.0677. The number of H-pyrrole nitrogens is 1. The number of aromatic hydroxyl groups is 1. The van der Waals surface area contributed by atoms with Crippen LogP contribution in [0, 0.1) is 30.0 Å². The molecule has 1 saturated heterocycles. The molecule has 0 bridgehead atoms. The molecular weight excluding hydrogens is 479 g/mol. The van der Waals surface area contributed by atoms with Crippen molar-refractivity contribution in [1.82, 2.24) is 20.2 Å². The maximum absolute atomic E-state index is 14.2. The summed E-state index contributed by atoms with van der Waals surface area (Å²) >= 11 is 0. The van der Waals surface area contributed by atoms with Crippen molar-refractivity contribution in [3.8, 4) is 17.6 Å². The van der Waals surface area contributed by atoms with Gasteiger partial charge in [-0.05, 0) is 94.7 Å². The summed E-state index contributed by atoms with van der Waals surface area (Å²) < 4.78 is 14.2. The summed E-state index contributed by atoms with van der Waals surface area (Å²) in [4.78, 5) is 23.5. The smallest absolute Gasteiger partial charge is 0.270 e. The van der Waals surface area contributed by atoms with Gasteiger partial charge in [0.15, 0.2) is 0 Å². The van der Waals surface area contributed by atoms with E-state index in [0.717, 1.165) is 42.4 Å². The lowest BCUT2D eigenvalue weighted by atomic mass is 9.81. The van der Waals surface area contributed by atoms with E-state index in [4.69, 9.17) is 0 Å². The number of nitrogens with zero attached hydrogens (tertiary/aromatic N) is 2. The predicted molar refractivity (Wildman–Crippen MR) is 146 cm³/mol. The van der Waals surface area contributed by atoms with Gasteiger partial charge in [-0.1, -0.05) is 30.0 Å². The number of piperidine rings is 1. The third kappa shape index (κ3) is 5.56. The first-order chi connectivity index (χ1) is 18.2. The van der Waals surface area contributed by atoms with Crippen molar-refractivity contribution in [2.24, 2.45) is 5.41 Å². The van der Waals surface area contributed by atoms with Crippen molar-refractivity contribution < 1.29 is 14.3 Å². The Morgan fingerprint density at radius 2 is 1.92 bits per heavy atom. The van der Waals surface area contributed by atoms with Crippen LogP contribution in [0.1, 0.15) is 58.8 Å². The number of amides is 1. The Labute approximate surface area is 221 Å². The van der Waals surface area contributed by atoms with E-state index in [2.05, 4.69) is 46.0 Å². The van der Waals surface area contributed by atoms with Crippen LogP contribution in [-0.2, 0) is 0 Å². The maximum Gasteiger partial charge on any atom is 0.270 e. The molecule has 4 aromatic rings. The van der Waals surface area contributed by atoms with E-state index < -0.39 is 17.8 Å². The monoisotopic (exact) mass is 510 g/mol. The molecule has 38 heavy (non-hydrogen) atoms. The largest absolute Gasteiger partial charge is 0.508 e. The van der Waals surface area contributed by atoms with Crippen molar-refractivity contribution in [3.63, 3.8) is 0 Å². The van der Waals surface area contributed by atoms with Crippen molar-refractivity contribution in [2.45, 2.75) is 32.7 Å². The second-order valence-corrected chi connectivity index (χ2v) is 10.4. The summed E-state index contributed by atoms with van der Waals surface area (Å²) in [5, 5.41) is 14.5. The molecule has 0 aliphatic carbocycles. The van der Waals surface area contributed by atoms with Crippen LogP contribution in [-0.4, -0.2) is 46.0 Å². The number of benzene rings is 2. The van der Waals surface area contributed by atoms with Crippen LogP contribution in [0.15, 0.2) is 60.7 Å². The molecule has 1 aliphatic rings. The number of nitrogens with one attached hydrogen (secondary N) is 2. The zero-order valence-electron chi connectivity index (χ0n) is 21.8. The Kier molecular flexibility index (Phi) is 6.92. The normalized spacial score (nSPS) is 16.0. The Morgan fingerprint density at radius 3 is 2.68 bits per heavy atom. The molecule has 0 radical (unpaired) electrons. The van der Waals surface area contributed by atoms with Gasteiger partial charge in [0.1, 0.15) is 17.3 Å². The van der Waals surface area contributed by atoms with Gasteiger partial charge < -0.3 is 20.3 Å². The maximum atomic E-state index is 14.2. The van der Waals surface area contributed by atoms with E-state index in [1.807, 2.05) is 43.3 Å². The number of aromatic nitrogens is 2.